The van der Waals surface area contributed by atoms with Gasteiger partial charge in [0.25, 0.3) is 10.0 Å². The van der Waals surface area contributed by atoms with Crippen molar-refractivity contribution < 1.29 is 13.2 Å². The number of carbonyl (C=O) groups is 1. The van der Waals surface area contributed by atoms with Crippen LogP contribution in [0.15, 0.2) is 53.4 Å². The molecule has 0 saturated heterocycles. The molecule has 0 atom stereocenters. The van der Waals surface area contributed by atoms with Gasteiger partial charge in [-0.1, -0.05) is 55.7 Å². The molecule has 0 N–H and O–H groups in total. The lowest BCUT2D eigenvalue weighted by Gasteiger charge is -2.10. The molecule has 0 fully saturated rings. The first kappa shape index (κ1) is 18.4. The number of hydrogen-bond acceptors (Lipinski definition) is 3. The second kappa shape index (κ2) is 7.46. The number of carbonyl (C=O) groups excluding carboxylic acids is 1. The van der Waals surface area contributed by atoms with Crippen molar-refractivity contribution in [1.82, 2.24) is 3.97 Å². The second-order valence-electron chi connectivity index (χ2n) is 6.54. The Hall–Kier alpha value is -2.40. The van der Waals surface area contributed by atoms with Gasteiger partial charge in [0.2, 0.25) is 0 Å². The molecule has 0 unspecified atom stereocenters. The summed E-state index contributed by atoms with van der Waals surface area (Å²) < 4.78 is 27.8. The minimum atomic E-state index is -3.85. The molecule has 2 aromatic carbocycles. The molecular weight excluding hydrogens is 346 g/mol. The SMILES string of the molecule is CCCCCc1c(C=O)n(S(=O)(=O)c2ccc(C)cc2)c2ccccc12. The summed E-state index contributed by atoms with van der Waals surface area (Å²) in [4.78, 5) is 12.1. The molecule has 0 amide bonds. The summed E-state index contributed by atoms with van der Waals surface area (Å²) in [5.74, 6) is 0. The molecule has 0 aliphatic carbocycles. The third-order valence-electron chi connectivity index (χ3n) is 4.68. The van der Waals surface area contributed by atoms with Crippen molar-refractivity contribution in [2.45, 2.75) is 44.4 Å². The lowest BCUT2D eigenvalue weighted by Crippen LogP contribution is -2.16. The van der Waals surface area contributed by atoms with Crippen LogP contribution >= 0.6 is 0 Å². The van der Waals surface area contributed by atoms with E-state index in [2.05, 4.69) is 6.92 Å². The van der Waals surface area contributed by atoms with Crippen molar-refractivity contribution in [3.63, 3.8) is 0 Å². The Morgan fingerprint density at radius 1 is 1.00 bits per heavy atom. The van der Waals surface area contributed by atoms with E-state index >= 15 is 0 Å². The van der Waals surface area contributed by atoms with Crippen LogP contribution in [-0.2, 0) is 16.4 Å². The van der Waals surface area contributed by atoms with E-state index in [1.807, 2.05) is 19.1 Å². The van der Waals surface area contributed by atoms with Gasteiger partial charge in [0, 0.05) is 5.39 Å². The van der Waals surface area contributed by atoms with Crippen molar-refractivity contribution in [3.8, 4) is 0 Å². The first-order chi connectivity index (χ1) is 12.5. The fraction of sp³-hybridized carbons (Fsp3) is 0.286. The summed E-state index contributed by atoms with van der Waals surface area (Å²) in [6.07, 6.45) is 4.40. The van der Waals surface area contributed by atoms with E-state index in [0.717, 1.165) is 35.8 Å². The van der Waals surface area contributed by atoms with Crippen LogP contribution in [0.25, 0.3) is 10.9 Å². The molecule has 3 rings (SSSR count). The van der Waals surface area contributed by atoms with Gasteiger partial charge < -0.3 is 0 Å². The quantitative estimate of drug-likeness (QED) is 0.447. The van der Waals surface area contributed by atoms with Crippen molar-refractivity contribution >= 4 is 27.2 Å². The Balaban J connectivity index is 2.25. The van der Waals surface area contributed by atoms with Crippen molar-refractivity contribution in [3.05, 3.63) is 65.4 Å². The van der Waals surface area contributed by atoms with Crippen molar-refractivity contribution in [2.75, 3.05) is 0 Å². The second-order valence-corrected chi connectivity index (χ2v) is 8.33. The summed E-state index contributed by atoms with van der Waals surface area (Å²) in [7, 11) is -3.85. The van der Waals surface area contributed by atoms with E-state index in [-0.39, 0.29) is 10.6 Å². The monoisotopic (exact) mass is 369 g/mol. The third kappa shape index (κ3) is 3.19. The van der Waals surface area contributed by atoms with Gasteiger partial charge in [-0.3, -0.25) is 4.79 Å². The predicted octanol–water partition coefficient (Wildman–Crippen LogP) is 4.73. The Kier molecular flexibility index (Phi) is 5.28. The Bertz CT molecular complexity index is 1030. The average molecular weight is 369 g/mol. The molecule has 0 bridgehead atoms. The molecule has 0 spiro atoms. The number of hydrogen-bond donors (Lipinski definition) is 0. The zero-order valence-corrected chi connectivity index (χ0v) is 15.9. The molecule has 5 heteroatoms. The van der Waals surface area contributed by atoms with Gasteiger partial charge >= 0.3 is 0 Å². The third-order valence-corrected chi connectivity index (χ3v) is 6.42. The summed E-state index contributed by atoms with van der Waals surface area (Å²) in [6.45, 7) is 4.02. The minimum Gasteiger partial charge on any atom is -0.296 e. The van der Waals surface area contributed by atoms with E-state index in [1.165, 1.54) is 3.97 Å². The Morgan fingerprint density at radius 2 is 1.69 bits per heavy atom. The molecule has 0 aliphatic heterocycles. The van der Waals surface area contributed by atoms with Gasteiger partial charge in [0.1, 0.15) is 5.69 Å². The van der Waals surface area contributed by atoms with Crippen molar-refractivity contribution in [2.24, 2.45) is 0 Å². The van der Waals surface area contributed by atoms with Crippen molar-refractivity contribution in [1.29, 1.82) is 0 Å². The van der Waals surface area contributed by atoms with E-state index in [9.17, 15) is 13.2 Å². The summed E-state index contributed by atoms with van der Waals surface area (Å²) in [5, 5.41) is 0.835. The topological polar surface area (TPSA) is 56.1 Å². The first-order valence-electron chi connectivity index (χ1n) is 8.90. The Morgan fingerprint density at radius 3 is 2.35 bits per heavy atom. The van der Waals surface area contributed by atoms with Gasteiger partial charge in [-0.25, -0.2) is 12.4 Å². The molecule has 0 aliphatic rings. The average Bonchev–Trinajstić information content (AvgIpc) is 2.97. The normalized spacial score (nSPS) is 11.8. The zero-order valence-electron chi connectivity index (χ0n) is 15.1. The highest BCUT2D eigenvalue weighted by Gasteiger charge is 2.26. The summed E-state index contributed by atoms with van der Waals surface area (Å²) in [6, 6.07) is 14.0. The maximum atomic E-state index is 13.3. The molecular formula is C21H23NO3S. The minimum absolute atomic E-state index is 0.187. The first-order valence-corrected chi connectivity index (χ1v) is 10.3. The highest BCUT2D eigenvalue weighted by atomic mass is 32.2. The smallest absolute Gasteiger partial charge is 0.268 e. The van der Waals surface area contributed by atoms with Gasteiger partial charge in [-0.2, -0.15) is 0 Å². The number of fused-ring (bicyclic) bond motifs is 1. The highest BCUT2D eigenvalue weighted by Crippen LogP contribution is 2.30. The van der Waals surface area contributed by atoms with Gasteiger partial charge in [-0.05, 0) is 43.5 Å². The maximum absolute atomic E-state index is 13.3. The molecule has 26 heavy (non-hydrogen) atoms. The fourth-order valence-corrected chi connectivity index (χ4v) is 4.83. The molecule has 1 aromatic heterocycles. The largest absolute Gasteiger partial charge is 0.296 e. The summed E-state index contributed by atoms with van der Waals surface area (Å²) in [5.41, 5.74) is 2.60. The van der Waals surface area contributed by atoms with Gasteiger partial charge in [-0.15, -0.1) is 0 Å². The zero-order chi connectivity index (χ0) is 18.7. The van der Waals surface area contributed by atoms with Crippen LogP contribution in [0.4, 0.5) is 0 Å². The van der Waals surface area contributed by atoms with E-state index in [0.29, 0.717) is 18.2 Å². The predicted molar refractivity (Wildman–Crippen MR) is 104 cm³/mol. The molecule has 3 aromatic rings. The lowest BCUT2D eigenvalue weighted by atomic mass is 10.0. The molecule has 0 saturated carbocycles. The number of para-hydroxylation sites is 1. The van der Waals surface area contributed by atoms with Crippen LogP contribution in [0.1, 0.15) is 47.8 Å². The summed E-state index contributed by atoms with van der Waals surface area (Å²) >= 11 is 0. The molecule has 0 radical (unpaired) electrons. The van der Waals surface area contributed by atoms with Gasteiger partial charge in [0.15, 0.2) is 6.29 Å². The van der Waals surface area contributed by atoms with Crippen LogP contribution in [0.5, 0.6) is 0 Å². The van der Waals surface area contributed by atoms with Gasteiger partial charge in [0.05, 0.1) is 10.4 Å². The number of nitrogens with zero attached hydrogens (tertiary/aromatic N) is 1. The van der Waals surface area contributed by atoms with E-state index in [4.69, 9.17) is 0 Å². The highest BCUT2D eigenvalue weighted by molar-refractivity contribution is 7.90. The van der Waals surface area contributed by atoms with Crippen LogP contribution in [0.2, 0.25) is 0 Å². The van der Waals surface area contributed by atoms with Crippen LogP contribution in [0, 0.1) is 6.92 Å². The number of aldehydes is 1. The fourth-order valence-electron chi connectivity index (χ4n) is 3.30. The van der Waals surface area contributed by atoms with Crippen LogP contribution in [-0.4, -0.2) is 18.7 Å². The number of aromatic nitrogens is 1. The number of rotatable bonds is 7. The Labute approximate surface area is 154 Å². The van der Waals surface area contributed by atoms with E-state index < -0.39 is 10.0 Å². The lowest BCUT2D eigenvalue weighted by molar-refractivity contribution is 0.111. The molecule has 136 valence electrons. The number of unbranched alkanes of at least 4 members (excludes halogenated alkanes) is 2. The number of benzene rings is 2. The van der Waals surface area contributed by atoms with Crippen LogP contribution < -0.4 is 0 Å². The number of aryl methyl sites for hydroxylation is 2. The molecule has 4 nitrogen and oxygen atoms in total. The standard InChI is InChI=1S/C21H23NO3S/c1-3-4-5-8-19-18-9-6-7-10-20(18)22(21(19)15-23)26(24,25)17-13-11-16(2)12-14-17/h6-7,9-15H,3-5,8H2,1-2H3. The van der Waals surface area contributed by atoms with E-state index in [1.54, 1.807) is 36.4 Å². The maximum Gasteiger partial charge on any atom is 0.268 e. The molecule has 1 heterocycles. The van der Waals surface area contributed by atoms with Crippen LogP contribution in [0.3, 0.4) is 0 Å².